The summed E-state index contributed by atoms with van der Waals surface area (Å²) in [5.74, 6) is 0.858. The number of carbonyl (C=O) groups excluding carboxylic acids is 1. The van der Waals surface area contributed by atoms with E-state index in [1.807, 2.05) is 20.9 Å². The van der Waals surface area contributed by atoms with Gasteiger partial charge >= 0.3 is 0 Å². The van der Waals surface area contributed by atoms with Crippen molar-refractivity contribution in [1.29, 1.82) is 0 Å². The summed E-state index contributed by atoms with van der Waals surface area (Å²) in [5.41, 5.74) is 2.54. The molecule has 0 saturated carbocycles. The molecule has 0 aliphatic heterocycles. The molecule has 0 spiro atoms. The largest absolute Gasteiger partial charge is 0.496 e. The minimum atomic E-state index is -0.137. The SMILES string of the molecule is COc1cccc(OC)c1C(=O)c1c(C)nn(C)c1C. The van der Waals surface area contributed by atoms with Gasteiger partial charge in [-0.1, -0.05) is 6.07 Å². The van der Waals surface area contributed by atoms with E-state index in [1.165, 1.54) is 14.2 Å². The summed E-state index contributed by atoms with van der Waals surface area (Å²) in [7, 11) is 4.89. The lowest BCUT2D eigenvalue weighted by molar-refractivity contribution is 0.103. The maximum atomic E-state index is 12.8. The van der Waals surface area contributed by atoms with E-state index >= 15 is 0 Å². The van der Waals surface area contributed by atoms with Gasteiger partial charge in [0.25, 0.3) is 0 Å². The number of hydrogen-bond acceptors (Lipinski definition) is 4. The predicted molar refractivity (Wildman–Crippen MR) is 75.7 cm³/mol. The Bertz CT molecular complexity index is 637. The number of nitrogens with zero attached hydrogens (tertiary/aromatic N) is 2. The highest BCUT2D eigenvalue weighted by atomic mass is 16.5. The Morgan fingerprint density at radius 3 is 2.05 bits per heavy atom. The van der Waals surface area contributed by atoms with Gasteiger partial charge < -0.3 is 9.47 Å². The van der Waals surface area contributed by atoms with E-state index in [2.05, 4.69) is 5.10 Å². The van der Waals surface area contributed by atoms with E-state index in [0.717, 1.165) is 5.69 Å². The van der Waals surface area contributed by atoms with Crippen molar-refractivity contribution < 1.29 is 14.3 Å². The van der Waals surface area contributed by atoms with E-state index in [1.54, 1.807) is 22.9 Å². The number of methoxy groups -OCH3 is 2. The average molecular weight is 274 g/mol. The van der Waals surface area contributed by atoms with Crippen LogP contribution in [0.1, 0.15) is 27.3 Å². The van der Waals surface area contributed by atoms with Gasteiger partial charge in [0.05, 0.1) is 25.5 Å². The van der Waals surface area contributed by atoms with Crippen molar-refractivity contribution in [1.82, 2.24) is 9.78 Å². The van der Waals surface area contributed by atoms with Crippen LogP contribution in [0.25, 0.3) is 0 Å². The molecule has 106 valence electrons. The van der Waals surface area contributed by atoms with Crippen LogP contribution in [0, 0.1) is 13.8 Å². The zero-order chi connectivity index (χ0) is 14.9. The van der Waals surface area contributed by atoms with Crippen molar-refractivity contribution in [3.05, 3.63) is 40.7 Å². The Morgan fingerprint density at radius 2 is 1.65 bits per heavy atom. The molecule has 1 heterocycles. The van der Waals surface area contributed by atoms with Crippen molar-refractivity contribution in [2.24, 2.45) is 7.05 Å². The Hall–Kier alpha value is -2.30. The second-order valence-corrected chi connectivity index (χ2v) is 4.54. The molecule has 0 fully saturated rings. The maximum Gasteiger partial charge on any atom is 0.204 e. The smallest absolute Gasteiger partial charge is 0.204 e. The topological polar surface area (TPSA) is 53.4 Å². The molecule has 20 heavy (non-hydrogen) atoms. The second kappa shape index (κ2) is 5.36. The van der Waals surface area contributed by atoms with Gasteiger partial charge in [-0.05, 0) is 26.0 Å². The van der Waals surface area contributed by atoms with Crippen molar-refractivity contribution >= 4 is 5.78 Å². The first-order valence-electron chi connectivity index (χ1n) is 6.27. The summed E-state index contributed by atoms with van der Waals surface area (Å²) in [6, 6.07) is 5.28. The Labute approximate surface area is 118 Å². The van der Waals surface area contributed by atoms with Crippen molar-refractivity contribution in [2.75, 3.05) is 14.2 Å². The molecule has 5 heteroatoms. The van der Waals surface area contributed by atoms with Gasteiger partial charge in [-0.15, -0.1) is 0 Å². The molecular weight excluding hydrogens is 256 g/mol. The summed E-state index contributed by atoms with van der Waals surface area (Å²) in [6.07, 6.45) is 0. The highest BCUT2D eigenvalue weighted by Gasteiger charge is 2.25. The van der Waals surface area contributed by atoms with E-state index in [9.17, 15) is 4.79 Å². The molecule has 0 amide bonds. The minimum absolute atomic E-state index is 0.137. The van der Waals surface area contributed by atoms with Crippen molar-refractivity contribution in [3.63, 3.8) is 0 Å². The highest BCUT2D eigenvalue weighted by Crippen LogP contribution is 2.32. The predicted octanol–water partition coefficient (Wildman–Crippen LogP) is 2.29. The lowest BCUT2D eigenvalue weighted by Gasteiger charge is -2.12. The first-order valence-corrected chi connectivity index (χ1v) is 6.27. The first kappa shape index (κ1) is 14.1. The molecule has 0 saturated heterocycles. The summed E-state index contributed by atoms with van der Waals surface area (Å²) in [6.45, 7) is 3.69. The lowest BCUT2D eigenvalue weighted by Crippen LogP contribution is -2.09. The van der Waals surface area contributed by atoms with Gasteiger partial charge in [-0.25, -0.2) is 0 Å². The molecule has 5 nitrogen and oxygen atoms in total. The number of rotatable bonds is 4. The van der Waals surface area contributed by atoms with Gasteiger partial charge in [-0.2, -0.15) is 5.10 Å². The van der Waals surface area contributed by atoms with Crippen LogP contribution in [0.4, 0.5) is 0 Å². The molecule has 0 N–H and O–H groups in total. The van der Waals surface area contributed by atoms with Crippen LogP contribution >= 0.6 is 0 Å². The average Bonchev–Trinajstić information content (AvgIpc) is 2.70. The van der Waals surface area contributed by atoms with Gasteiger partial charge in [-0.3, -0.25) is 9.48 Å². The van der Waals surface area contributed by atoms with Crippen molar-refractivity contribution in [2.45, 2.75) is 13.8 Å². The summed E-state index contributed by atoms with van der Waals surface area (Å²) in [5, 5.41) is 4.28. The molecular formula is C15H18N2O3. The third-order valence-corrected chi connectivity index (χ3v) is 3.39. The number of aromatic nitrogens is 2. The number of benzene rings is 1. The van der Waals surface area contributed by atoms with Gasteiger partial charge in [0.1, 0.15) is 17.1 Å². The molecule has 0 aliphatic rings. The van der Waals surface area contributed by atoms with Crippen LogP contribution in [0.15, 0.2) is 18.2 Å². The molecule has 0 radical (unpaired) electrons. The number of hydrogen-bond donors (Lipinski definition) is 0. The van der Waals surface area contributed by atoms with Crippen LogP contribution in [0.3, 0.4) is 0 Å². The first-order chi connectivity index (χ1) is 9.51. The second-order valence-electron chi connectivity index (χ2n) is 4.54. The fourth-order valence-electron chi connectivity index (χ4n) is 2.30. The zero-order valence-corrected chi connectivity index (χ0v) is 12.4. The summed E-state index contributed by atoms with van der Waals surface area (Å²) in [4.78, 5) is 12.8. The third-order valence-electron chi connectivity index (χ3n) is 3.39. The fourth-order valence-corrected chi connectivity index (χ4v) is 2.30. The van der Waals surface area contributed by atoms with E-state index in [-0.39, 0.29) is 5.78 Å². The number of aryl methyl sites for hydroxylation is 2. The van der Waals surface area contributed by atoms with Crippen LogP contribution in [0.2, 0.25) is 0 Å². The third kappa shape index (κ3) is 2.15. The quantitative estimate of drug-likeness (QED) is 0.803. The normalized spacial score (nSPS) is 10.4. The van der Waals surface area contributed by atoms with Gasteiger partial charge in [0.15, 0.2) is 0 Å². The van der Waals surface area contributed by atoms with Gasteiger partial charge in [0.2, 0.25) is 5.78 Å². The van der Waals surface area contributed by atoms with E-state index < -0.39 is 0 Å². The number of carbonyl (C=O) groups is 1. The molecule has 0 bridgehead atoms. The number of ether oxygens (including phenoxy) is 2. The Kier molecular flexibility index (Phi) is 3.79. The molecule has 0 unspecified atom stereocenters. The molecule has 2 aromatic rings. The molecule has 1 aromatic carbocycles. The van der Waals surface area contributed by atoms with Crippen molar-refractivity contribution in [3.8, 4) is 11.5 Å². The monoisotopic (exact) mass is 274 g/mol. The van der Waals surface area contributed by atoms with Crippen LogP contribution in [-0.4, -0.2) is 29.8 Å². The Balaban J connectivity index is 2.64. The lowest BCUT2D eigenvalue weighted by atomic mass is 10.00. The Morgan fingerprint density at radius 1 is 1.10 bits per heavy atom. The molecule has 0 aliphatic carbocycles. The van der Waals surface area contributed by atoms with E-state index in [4.69, 9.17) is 9.47 Å². The van der Waals surface area contributed by atoms with Crippen LogP contribution < -0.4 is 9.47 Å². The fraction of sp³-hybridized carbons (Fsp3) is 0.333. The summed E-state index contributed by atoms with van der Waals surface area (Å²) < 4.78 is 12.3. The van der Waals surface area contributed by atoms with Crippen LogP contribution in [-0.2, 0) is 7.05 Å². The van der Waals surface area contributed by atoms with Gasteiger partial charge in [0, 0.05) is 12.7 Å². The molecule has 2 rings (SSSR count). The molecule has 0 atom stereocenters. The minimum Gasteiger partial charge on any atom is -0.496 e. The van der Waals surface area contributed by atoms with Crippen LogP contribution in [0.5, 0.6) is 11.5 Å². The molecule has 1 aromatic heterocycles. The zero-order valence-electron chi connectivity index (χ0n) is 12.4. The maximum absolute atomic E-state index is 12.8. The standard InChI is InChI=1S/C15H18N2O3/c1-9-13(10(2)17(3)16-9)15(18)14-11(19-4)7-6-8-12(14)20-5/h6-8H,1-5H3. The summed E-state index contributed by atoms with van der Waals surface area (Å²) >= 11 is 0. The number of ketones is 1. The highest BCUT2D eigenvalue weighted by molar-refractivity contribution is 6.13. The van der Waals surface area contributed by atoms with E-state index in [0.29, 0.717) is 28.3 Å².